The number of anilines is 1. The first-order valence-electron chi connectivity index (χ1n) is 11.2. The lowest BCUT2D eigenvalue weighted by Crippen LogP contribution is -2.55. The van der Waals surface area contributed by atoms with Crippen molar-refractivity contribution in [1.82, 2.24) is 14.7 Å². The molecule has 0 unspecified atom stereocenters. The van der Waals surface area contributed by atoms with Gasteiger partial charge in [-0.15, -0.1) is 0 Å². The first-order valence-corrected chi connectivity index (χ1v) is 11.2. The zero-order valence-corrected chi connectivity index (χ0v) is 18.7. The van der Waals surface area contributed by atoms with Crippen molar-refractivity contribution in [3.8, 4) is 5.75 Å². The largest absolute Gasteiger partial charge is 0.476 e. The predicted octanol–water partition coefficient (Wildman–Crippen LogP) is 1.59. The molecule has 3 aliphatic heterocycles. The maximum atomic E-state index is 13.2. The van der Waals surface area contributed by atoms with Gasteiger partial charge in [-0.2, -0.15) is 0 Å². The van der Waals surface area contributed by atoms with Crippen LogP contribution in [0, 0.1) is 0 Å². The summed E-state index contributed by atoms with van der Waals surface area (Å²) in [5.41, 5.74) is -0.0671. The summed E-state index contributed by atoms with van der Waals surface area (Å²) in [6.07, 6.45) is 3.12. The Labute approximate surface area is 183 Å². The number of hydrogen-bond acceptors (Lipinski definition) is 5. The Morgan fingerprint density at radius 3 is 2.32 bits per heavy atom. The third-order valence-corrected chi connectivity index (χ3v) is 6.41. The average molecular weight is 429 g/mol. The van der Waals surface area contributed by atoms with E-state index in [2.05, 4.69) is 4.90 Å². The Morgan fingerprint density at radius 1 is 0.968 bits per heavy atom. The molecule has 0 radical (unpaired) electrons. The van der Waals surface area contributed by atoms with E-state index in [1.807, 2.05) is 16.8 Å². The SMILES string of the molecule is CN1CCN(C(=O)c2ccc3c(c2)N(CC(=O)N2CCCCC2)C(=O)C(C)(C)O3)CC1. The Kier molecular flexibility index (Phi) is 5.92. The summed E-state index contributed by atoms with van der Waals surface area (Å²) >= 11 is 0. The number of amides is 3. The lowest BCUT2D eigenvalue weighted by Gasteiger charge is -2.40. The van der Waals surface area contributed by atoms with Crippen LogP contribution in [0.15, 0.2) is 18.2 Å². The zero-order valence-electron chi connectivity index (χ0n) is 18.7. The maximum absolute atomic E-state index is 13.2. The van der Waals surface area contributed by atoms with Crippen molar-refractivity contribution in [2.75, 3.05) is 57.8 Å². The second-order valence-electron chi connectivity index (χ2n) is 9.22. The first kappa shape index (κ1) is 21.6. The van der Waals surface area contributed by atoms with Crippen molar-refractivity contribution >= 4 is 23.4 Å². The summed E-state index contributed by atoms with van der Waals surface area (Å²) in [6.45, 7) is 7.86. The van der Waals surface area contributed by atoms with Crippen LogP contribution < -0.4 is 9.64 Å². The second kappa shape index (κ2) is 8.49. The van der Waals surface area contributed by atoms with Crippen LogP contribution in [0.4, 0.5) is 5.69 Å². The van der Waals surface area contributed by atoms with Crippen LogP contribution in [0.2, 0.25) is 0 Å². The van der Waals surface area contributed by atoms with E-state index >= 15 is 0 Å². The number of benzene rings is 1. The van der Waals surface area contributed by atoms with Crippen molar-refractivity contribution in [2.45, 2.75) is 38.7 Å². The smallest absolute Gasteiger partial charge is 0.271 e. The van der Waals surface area contributed by atoms with Crippen molar-refractivity contribution in [2.24, 2.45) is 0 Å². The highest BCUT2D eigenvalue weighted by Crippen LogP contribution is 2.38. The summed E-state index contributed by atoms with van der Waals surface area (Å²) in [4.78, 5) is 46.5. The molecule has 8 heteroatoms. The Morgan fingerprint density at radius 2 is 1.65 bits per heavy atom. The number of piperidine rings is 1. The quantitative estimate of drug-likeness (QED) is 0.731. The molecule has 3 amide bonds. The number of nitrogens with zero attached hydrogens (tertiary/aromatic N) is 4. The number of rotatable bonds is 3. The number of likely N-dealkylation sites (N-methyl/N-ethyl adjacent to an activating group) is 1. The molecule has 4 rings (SSSR count). The van der Waals surface area contributed by atoms with Crippen LogP contribution in [-0.2, 0) is 9.59 Å². The third kappa shape index (κ3) is 4.39. The number of carbonyl (C=O) groups excluding carboxylic acids is 3. The minimum atomic E-state index is -1.07. The Hall–Kier alpha value is -2.61. The van der Waals surface area contributed by atoms with Gasteiger partial charge in [-0.05, 0) is 58.4 Å². The molecule has 0 bridgehead atoms. The lowest BCUT2D eigenvalue weighted by atomic mass is 10.0. The number of fused-ring (bicyclic) bond motifs is 1. The molecule has 0 spiro atoms. The summed E-state index contributed by atoms with van der Waals surface area (Å²) in [5, 5.41) is 0. The normalized spacial score (nSPS) is 21.5. The van der Waals surface area contributed by atoms with Crippen LogP contribution in [0.25, 0.3) is 0 Å². The first-order chi connectivity index (χ1) is 14.8. The van der Waals surface area contributed by atoms with Crippen LogP contribution >= 0.6 is 0 Å². The van der Waals surface area contributed by atoms with Crippen molar-refractivity contribution in [3.63, 3.8) is 0 Å². The summed E-state index contributed by atoms with van der Waals surface area (Å²) in [6, 6.07) is 5.19. The van der Waals surface area contributed by atoms with Gasteiger partial charge < -0.3 is 19.4 Å². The van der Waals surface area contributed by atoms with Gasteiger partial charge in [0.05, 0.1) is 5.69 Å². The molecule has 0 atom stereocenters. The maximum Gasteiger partial charge on any atom is 0.271 e. The fourth-order valence-electron chi connectivity index (χ4n) is 4.43. The molecule has 0 N–H and O–H groups in total. The molecule has 1 aromatic rings. The molecular formula is C23H32N4O4. The Bertz CT molecular complexity index is 870. The van der Waals surface area contributed by atoms with Crippen molar-refractivity contribution < 1.29 is 19.1 Å². The number of likely N-dealkylation sites (tertiary alicyclic amines) is 1. The summed E-state index contributed by atoms with van der Waals surface area (Å²) in [7, 11) is 2.04. The van der Waals surface area contributed by atoms with Crippen LogP contribution in [-0.4, -0.2) is 90.9 Å². The van der Waals surface area contributed by atoms with Gasteiger partial charge in [0.25, 0.3) is 11.8 Å². The van der Waals surface area contributed by atoms with Gasteiger partial charge in [0, 0.05) is 44.8 Å². The monoisotopic (exact) mass is 428 g/mol. The van der Waals surface area contributed by atoms with Gasteiger partial charge in [-0.1, -0.05) is 0 Å². The lowest BCUT2D eigenvalue weighted by molar-refractivity contribution is -0.137. The topological polar surface area (TPSA) is 73.4 Å². The molecule has 3 aliphatic rings. The van der Waals surface area contributed by atoms with E-state index in [4.69, 9.17) is 4.74 Å². The van der Waals surface area contributed by atoms with Gasteiger partial charge >= 0.3 is 0 Å². The highest BCUT2D eigenvalue weighted by Gasteiger charge is 2.42. The number of carbonyl (C=O) groups is 3. The second-order valence-corrected chi connectivity index (χ2v) is 9.22. The zero-order chi connectivity index (χ0) is 22.2. The molecule has 3 heterocycles. The van der Waals surface area contributed by atoms with Crippen molar-refractivity contribution in [3.05, 3.63) is 23.8 Å². The van der Waals surface area contributed by atoms with Crippen LogP contribution in [0.1, 0.15) is 43.5 Å². The third-order valence-electron chi connectivity index (χ3n) is 6.41. The van der Waals surface area contributed by atoms with E-state index in [9.17, 15) is 14.4 Å². The molecule has 0 aromatic heterocycles. The highest BCUT2D eigenvalue weighted by molar-refractivity contribution is 6.07. The number of piperazine rings is 1. The fraction of sp³-hybridized carbons (Fsp3) is 0.609. The van der Waals surface area contributed by atoms with E-state index in [-0.39, 0.29) is 24.3 Å². The van der Waals surface area contributed by atoms with Crippen molar-refractivity contribution in [1.29, 1.82) is 0 Å². The molecule has 2 saturated heterocycles. The van der Waals surface area contributed by atoms with Gasteiger partial charge in [-0.25, -0.2) is 0 Å². The van der Waals surface area contributed by atoms with E-state index in [0.29, 0.717) is 30.1 Å². The molecule has 0 aliphatic carbocycles. The molecule has 168 valence electrons. The standard InChI is InChI=1S/C23H32N4O4/c1-23(2)22(30)27(16-20(28)25-9-5-4-6-10-25)18-15-17(7-8-19(18)31-23)21(29)26-13-11-24(3)12-14-26/h7-8,15H,4-6,9-14,16H2,1-3H3. The predicted molar refractivity (Wildman–Crippen MR) is 117 cm³/mol. The van der Waals surface area contributed by atoms with Gasteiger partial charge in [0.2, 0.25) is 5.91 Å². The molecule has 8 nitrogen and oxygen atoms in total. The number of hydrogen-bond donors (Lipinski definition) is 0. The molecule has 31 heavy (non-hydrogen) atoms. The molecular weight excluding hydrogens is 396 g/mol. The summed E-state index contributed by atoms with van der Waals surface area (Å²) < 4.78 is 5.94. The van der Waals surface area contributed by atoms with E-state index in [1.165, 1.54) is 4.90 Å². The minimum Gasteiger partial charge on any atom is -0.476 e. The molecule has 0 saturated carbocycles. The van der Waals surface area contributed by atoms with Gasteiger partial charge in [-0.3, -0.25) is 19.3 Å². The van der Waals surface area contributed by atoms with E-state index < -0.39 is 5.60 Å². The number of ether oxygens (including phenoxy) is 1. The van der Waals surface area contributed by atoms with Crippen LogP contribution in [0.3, 0.4) is 0 Å². The van der Waals surface area contributed by atoms with Crippen LogP contribution in [0.5, 0.6) is 5.75 Å². The molecule has 1 aromatic carbocycles. The minimum absolute atomic E-state index is 0.0369. The van der Waals surface area contributed by atoms with E-state index in [1.54, 1.807) is 32.0 Å². The van der Waals surface area contributed by atoms with E-state index in [0.717, 1.165) is 45.4 Å². The molecule has 2 fully saturated rings. The Balaban J connectivity index is 1.60. The van der Waals surface area contributed by atoms with Gasteiger partial charge in [0.15, 0.2) is 5.60 Å². The summed E-state index contributed by atoms with van der Waals surface area (Å²) in [5.74, 6) is 0.128. The average Bonchev–Trinajstić information content (AvgIpc) is 2.77. The fourth-order valence-corrected chi connectivity index (χ4v) is 4.43. The van der Waals surface area contributed by atoms with Gasteiger partial charge in [0.1, 0.15) is 12.3 Å². The highest BCUT2D eigenvalue weighted by atomic mass is 16.5.